The Hall–Kier alpha value is -2.15. The van der Waals surface area contributed by atoms with Crippen molar-refractivity contribution in [2.45, 2.75) is 13.0 Å². The van der Waals surface area contributed by atoms with E-state index >= 15 is 0 Å². The quantitative estimate of drug-likeness (QED) is 0.650. The number of para-hydroxylation sites is 1. The maximum atomic E-state index is 10.9. The van der Waals surface area contributed by atoms with E-state index in [1.54, 1.807) is 12.1 Å². The molecule has 1 aromatic carbocycles. The van der Waals surface area contributed by atoms with Gasteiger partial charge in [-0.15, -0.1) is 0 Å². The number of hydrogen-bond donors (Lipinski definition) is 1. The van der Waals surface area contributed by atoms with Crippen molar-refractivity contribution in [1.82, 2.24) is 4.98 Å². The van der Waals surface area contributed by atoms with Gasteiger partial charge in [0.25, 0.3) is 11.7 Å². The molecule has 0 spiro atoms. The molecule has 2 aromatic rings. The predicted octanol–water partition coefficient (Wildman–Crippen LogP) is 1.52. The summed E-state index contributed by atoms with van der Waals surface area (Å²) in [6, 6.07) is 5.17. The molecule has 0 radical (unpaired) electrons. The van der Waals surface area contributed by atoms with Crippen molar-refractivity contribution in [3.63, 3.8) is 0 Å². The predicted molar refractivity (Wildman–Crippen MR) is 70.0 cm³/mol. The first-order valence-corrected chi connectivity index (χ1v) is 6.10. The lowest BCUT2D eigenvalue weighted by molar-refractivity contribution is -0.383. The third-order valence-corrected chi connectivity index (χ3v) is 3.52. The van der Waals surface area contributed by atoms with Crippen LogP contribution >= 0.6 is 0 Å². The number of non-ortho nitro benzene ring substituents is 1. The number of fused-ring (bicyclic) bond motifs is 1. The van der Waals surface area contributed by atoms with Crippen LogP contribution in [0.1, 0.15) is 6.92 Å². The third-order valence-electron chi connectivity index (χ3n) is 3.52. The van der Waals surface area contributed by atoms with Gasteiger partial charge in [0.2, 0.25) is 0 Å². The number of anilines is 1. The Labute approximate surface area is 109 Å². The van der Waals surface area contributed by atoms with Gasteiger partial charge in [-0.2, -0.15) is 4.98 Å². The summed E-state index contributed by atoms with van der Waals surface area (Å²) < 4.78 is 5.59. The monoisotopic (exact) mass is 262 g/mol. The molecule has 2 heterocycles. The van der Waals surface area contributed by atoms with Gasteiger partial charge in [0, 0.05) is 25.2 Å². The van der Waals surface area contributed by atoms with E-state index in [0.717, 1.165) is 6.54 Å². The summed E-state index contributed by atoms with van der Waals surface area (Å²) >= 11 is 0. The van der Waals surface area contributed by atoms with E-state index < -0.39 is 4.92 Å². The zero-order valence-corrected chi connectivity index (χ0v) is 10.4. The van der Waals surface area contributed by atoms with Gasteiger partial charge in [-0.3, -0.25) is 10.1 Å². The Kier molecular flexibility index (Phi) is 2.63. The molecule has 100 valence electrons. The molecule has 0 aliphatic carbocycles. The van der Waals surface area contributed by atoms with Crippen molar-refractivity contribution in [3.8, 4) is 0 Å². The zero-order valence-electron chi connectivity index (χ0n) is 10.4. The van der Waals surface area contributed by atoms with Crippen LogP contribution in [0.2, 0.25) is 0 Å². The number of oxazole rings is 1. The van der Waals surface area contributed by atoms with Crippen LogP contribution in [0.4, 0.5) is 11.7 Å². The van der Waals surface area contributed by atoms with Gasteiger partial charge in [-0.1, -0.05) is 13.0 Å². The Morgan fingerprint density at radius 3 is 2.95 bits per heavy atom. The molecule has 1 aliphatic rings. The second kappa shape index (κ2) is 4.20. The molecular formula is C12H14N4O3. The zero-order chi connectivity index (χ0) is 13.6. The highest BCUT2D eigenvalue weighted by molar-refractivity contribution is 5.84. The lowest BCUT2D eigenvalue weighted by Gasteiger charge is -2.11. The average Bonchev–Trinajstić information content (AvgIpc) is 2.93. The fraction of sp³-hybridized carbons (Fsp3) is 0.417. The lowest BCUT2D eigenvalue weighted by atomic mass is 10.1. The number of nitrogens with zero attached hydrogens (tertiary/aromatic N) is 3. The molecule has 1 fully saturated rings. The van der Waals surface area contributed by atoms with E-state index in [9.17, 15) is 10.1 Å². The van der Waals surface area contributed by atoms with Gasteiger partial charge >= 0.3 is 0 Å². The molecular weight excluding hydrogens is 248 g/mol. The van der Waals surface area contributed by atoms with Gasteiger partial charge in [-0.05, 0) is 12.0 Å². The van der Waals surface area contributed by atoms with Crippen LogP contribution in [0.15, 0.2) is 22.6 Å². The van der Waals surface area contributed by atoms with Gasteiger partial charge in [0.05, 0.1) is 4.92 Å². The highest BCUT2D eigenvalue weighted by Gasteiger charge is 2.30. The number of nitro groups is 1. The topological polar surface area (TPSA) is 98.4 Å². The number of nitrogens with two attached hydrogens (primary N) is 1. The van der Waals surface area contributed by atoms with Crippen LogP contribution < -0.4 is 10.6 Å². The number of aromatic nitrogens is 1. The molecule has 1 aromatic heterocycles. The van der Waals surface area contributed by atoms with Crippen molar-refractivity contribution < 1.29 is 9.34 Å². The second-order valence-electron chi connectivity index (χ2n) is 4.92. The minimum Gasteiger partial charge on any atom is -0.423 e. The summed E-state index contributed by atoms with van der Waals surface area (Å²) in [5.41, 5.74) is 6.64. The summed E-state index contributed by atoms with van der Waals surface area (Å²) in [5, 5.41) is 10.9. The van der Waals surface area contributed by atoms with Crippen LogP contribution in [-0.4, -0.2) is 29.0 Å². The summed E-state index contributed by atoms with van der Waals surface area (Å²) in [6.45, 7) is 3.47. The Morgan fingerprint density at radius 1 is 1.53 bits per heavy atom. The van der Waals surface area contributed by atoms with E-state index in [-0.39, 0.29) is 17.2 Å². The number of hydrogen-bond acceptors (Lipinski definition) is 6. The van der Waals surface area contributed by atoms with Gasteiger partial charge in [-0.25, -0.2) is 0 Å². The molecule has 1 saturated heterocycles. The summed E-state index contributed by atoms with van der Waals surface area (Å²) in [5.74, 6) is 0.352. The maximum absolute atomic E-state index is 10.9. The van der Waals surface area contributed by atoms with E-state index in [1.807, 2.05) is 4.90 Å². The van der Waals surface area contributed by atoms with Crippen molar-refractivity contribution in [1.29, 1.82) is 0 Å². The number of nitro benzene ring substituents is 1. The van der Waals surface area contributed by atoms with Crippen molar-refractivity contribution in [3.05, 3.63) is 28.3 Å². The SMILES string of the molecule is CC1CN(c2nc3c([N+](=O)[O-])cccc3o2)CC1N. The summed E-state index contributed by atoms with van der Waals surface area (Å²) in [7, 11) is 0. The molecule has 7 nitrogen and oxygen atoms in total. The largest absolute Gasteiger partial charge is 0.423 e. The molecule has 7 heteroatoms. The molecule has 0 amide bonds. The standard InChI is InChI=1S/C12H14N4O3/c1-7-5-15(6-8(7)13)12-14-11-9(16(17)18)3-2-4-10(11)19-12/h2-4,7-8H,5-6,13H2,1H3. The second-order valence-corrected chi connectivity index (χ2v) is 4.92. The van der Waals surface area contributed by atoms with Crippen LogP contribution in [0.5, 0.6) is 0 Å². The van der Waals surface area contributed by atoms with Crippen LogP contribution in [-0.2, 0) is 0 Å². The molecule has 19 heavy (non-hydrogen) atoms. The molecule has 0 saturated carbocycles. The Bertz CT molecular complexity index is 629. The highest BCUT2D eigenvalue weighted by atomic mass is 16.6. The number of benzene rings is 1. The molecule has 2 N–H and O–H groups in total. The van der Waals surface area contributed by atoms with Crippen LogP contribution in [0, 0.1) is 16.0 Å². The number of rotatable bonds is 2. The van der Waals surface area contributed by atoms with Crippen molar-refractivity contribution in [2.24, 2.45) is 11.7 Å². The highest BCUT2D eigenvalue weighted by Crippen LogP contribution is 2.30. The fourth-order valence-corrected chi connectivity index (χ4v) is 2.35. The van der Waals surface area contributed by atoms with Crippen LogP contribution in [0.25, 0.3) is 11.1 Å². The Morgan fingerprint density at radius 2 is 2.32 bits per heavy atom. The molecule has 1 aliphatic heterocycles. The molecule has 3 rings (SSSR count). The lowest BCUT2D eigenvalue weighted by Crippen LogP contribution is -2.28. The smallest absolute Gasteiger partial charge is 0.298 e. The van der Waals surface area contributed by atoms with E-state index in [1.165, 1.54) is 6.07 Å². The maximum Gasteiger partial charge on any atom is 0.298 e. The molecule has 0 bridgehead atoms. The Balaban J connectivity index is 2.03. The summed E-state index contributed by atoms with van der Waals surface area (Å²) in [4.78, 5) is 16.7. The first-order valence-electron chi connectivity index (χ1n) is 6.10. The molecule has 2 atom stereocenters. The summed E-state index contributed by atoms with van der Waals surface area (Å²) in [6.07, 6.45) is 0. The average molecular weight is 262 g/mol. The van der Waals surface area contributed by atoms with Gasteiger partial charge < -0.3 is 15.1 Å². The first kappa shape index (κ1) is 11.9. The fourth-order valence-electron chi connectivity index (χ4n) is 2.35. The van der Waals surface area contributed by atoms with Crippen molar-refractivity contribution in [2.75, 3.05) is 18.0 Å². The molecule has 2 unspecified atom stereocenters. The van der Waals surface area contributed by atoms with Crippen LogP contribution in [0.3, 0.4) is 0 Å². The minimum absolute atomic E-state index is 0.0379. The van der Waals surface area contributed by atoms with Gasteiger partial charge in [0.1, 0.15) is 0 Å². The normalized spacial score (nSPS) is 23.2. The van der Waals surface area contributed by atoms with E-state index in [4.69, 9.17) is 10.2 Å². The minimum atomic E-state index is -0.451. The first-order chi connectivity index (χ1) is 9.06. The van der Waals surface area contributed by atoms with E-state index in [2.05, 4.69) is 11.9 Å². The van der Waals surface area contributed by atoms with Crippen molar-refractivity contribution >= 4 is 22.8 Å². The third kappa shape index (κ3) is 1.91. The van der Waals surface area contributed by atoms with E-state index in [0.29, 0.717) is 24.1 Å². The van der Waals surface area contributed by atoms with Gasteiger partial charge in [0.15, 0.2) is 11.1 Å².